The van der Waals surface area contributed by atoms with E-state index in [0.29, 0.717) is 23.2 Å². The Balaban J connectivity index is 1.33. The number of nitrogens with zero attached hydrogens (tertiary/aromatic N) is 2. The van der Waals surface area contributed by atoms with Crippen LogP contribution in [0.1, 0.15) is 31.0 Å². The lowest BCUT2D eigenvalue weighted by molar-refractivity contribution is -0.121. The number of hydrogen-bond donors (Lipinski definition) is 1. The summed E-state index contributed by atoms with van der Waals surface area (Å²) in [5.41, 5.74) is 1.61. The summed E-state index contributed by atoms with van der Waals surface area (Å²) in [5, 5.41) is 8.54. The molecule has 0 aliphatic rings. The molecule has 2 heterocycles. The zero-order valence-corrected chi connectivity index (χ0v) is 15.9. The van der Waals surface area contributed by atoms with Gasteiger partial charge in [-0.05, 0) is 43.3 Å². The lowest BCUT2D eigenvalue weighted by Crippen LogP contribution is -2.26. The van der Waals surface area contributed by atoms with Gasteiger partial charge in [-0.1, -0.05) is 35.0 Å². The predicted molar refractivity (Wildman–Crippen MR) is 106 cm³/mol. The van der Waals surface area contributed by atoms with E-state index in [1.54, 1.807) is 12.1 Å². The van der Waals surface area contributed by atoms with Crippen LogP contribution in [0.25, 0.3) is 22.4 Å². The van der Waals surface area contributed by atoms with Gasteiger partial charge in [0.2, 0.25) is 17.6 Å². The van der Waals surface area contributed by atoms with Crippen LogP contribution in [-0.2, 0) is 11.2 Å². The third-order valence-electron chi connectivity index (χ3n) is 4.39. The minimum Gasteiger partial charge on any atom is -0.459 e. The van der Waals surface area contributed by atoms with Crippen LogP contribution in [0.15, 0.2) is 63.5 Å². The summed E-state index contributed by atoms with van der Waals surface area (Å²) in [6.07, 6.45) is 0.603. The van der Waals surface area contributed by atoms with Gasteiger partial charge in [-0.3, -0.25) is 4.79 Å². The van der Waals surface area contributed by atoms with Crippen LogP contribution in [-0.4, -0.2) is 16.0 Å². The fourth-order valence-corrected chi connectivity index (χ4v) is 3.02. The molecule has 0 fully saturated rings. The summed E-state index contributed by atoms with van der Waals surface area (Å²) in [4.78, 5) is 16.6. The zero-order valence-electron chi connectivity index (χ0n) is 15.2. The highest BCUT2D eigenvalue weighted by atomic mass is 35.5. The average molecular weight is 396 g/mol. The fourth-order valence-electron chi connectivity index (χ4n) is 2.89. The number of hydrogen-bond acceptors (Lipinski definition) is 5. The molecule has 0 saturated carbocycles. The number of halogens is 1. The molecule has 1 atom stereocenters. The highest BCUT2D eigenvalue weighted by Gasteiger charge is 2.16. The molecule has 7 heteroatoms. The van der Waals surface area contributed by atoms with Crippen LogP contribution in [0.2, 0.25) is 5.02 Å². The zero-order chi connectivity index (χ0) is 19.5. The van der Waals surface area contributed by atoms with Gasteiger partial charge in [0.05, 0.1) is 6.04 Å². The second-order valence-electron chi connectivity index (χ2n) is 6.49. The molecule has 0 unspecified atom stereocenters. The summed E-state index contributed by atoms with van der Waals surface area (Å²) in [6, 6.07) is 16.6. The van der Waals surface area contributed by atoms with Crippen molar-refractivity contribution in [2.45, 2.75) is 25.8 Å². The Kier molecular flexibility index (Phi) is 5.12. The number of aromatic nitrogens is 2. The first-order chi connectivity index (χ1) is 13.6. The minimum absolute atomic E-state index is 0.112. The number of benzene rings is 2. The molecule has 2 aromatic heterocycles. The maximum atomic E-state index is 12.3. The summed E-state index contributed by atoms with van der Waals surface area (Å²) in [5.74, 6) is 1.50. The van der Waals surface area contributed by atoms with Crippen molar-refractivity contribution in [2.24, 2.45) is 0 Å². The normalized spacial score (nSPS) is 12.2. The number of rotatable bonds is 6. The van der Waals surface area contributed by atoms with Gasteiger partial charge < -0.3 is 14.3 Å². The molecule has 0 radical (unpaired) electrons. The van der Waals surface area contributed by atoms with Gasteiger partial charge in [0.15, 0.2) is 0 Å². The van der Waals surface area contributed by atoms with Gasteiger partial charge in [-0.15, -0.1) is 0 Å². The first-order valence-electron chi connectivity index (χ1n) is 8.95. The van der Waals surface area contributed by atoms with Crippen LogP contribution in [0.4, 0.5) is 0 Å². The number of para-hydroxylation sites is 1. The van der Waals surface area contributed by atoms with Crippen LogP contribution in [0.5, 0.6) is 0 Å². The first kappa shape index (κ1) is 18.3. The molecular formula is C21H18ClN3O3. The van der Waals surface area contributed by atoms with Crippen LogP contribution in [0, 0.1) is 0 Å². The quantitative estimate of drug-likeness (QED) is 0.499. The molecule has 4 aromatic rings. The van der Waals surface area contributed by atoms with E-state index in [0.717, 1.165) is 22.3 Å². The Bertz CT molecular complexity index is 1070. The molecule has 0 saturated heterocycles. The average Bonchev–Trinajstić information content (AvgIpc) is 3.34. The lowest BCUT2D eigenvalue weighted by Gasteiger charge is -2.10. The van der Waals surface area contributed by atoms with E-state index in [1.807, 2.05) is 49.4 Å². The minimum atomic E-state index is -0.229. The maximum absolute atomic E-state index is 12.3. The molecular weight excluding hydrogens is 378 g/mol. The van der Waals surface area contributed by atoms with E-state index >= 15 is 0 Å². The standard InChI is InChI=1S/C21H18ClN3O3/c1-13(18-12-15-4-2-3-5-17(15)27-18)23-19(26)10-11-20-24-21(25-28-20)14-6-8-16(22)9-7-14/h2-9,12-13H,10-11H2,1H3,(H,23,26)/t13-/m0/s1. The van der Waals surface area contributed by atoms with Gasteiger partial charge in [0.25, 0.3) is 0 Å². The monoisotopic (exact) mass is 395 g/mol. The number of carbonyl (C=O) groups excluding carboxylic acids is 1. The van der Waals surface area contributed by atoms with Crippen LogP contribution in [0.3, 0.4) is 0 Å². The number of nitrogens with one attached hydrogen (secondary N) is 1. The van der Waals surface area contributed by atoms with Crippen molar-refractivity contribution in [3.05, 3.63) is 71.3 Å². The molecule has 0 aliphatic carbocycles. The summed E-state index contributed by atoms with van der Waals surface area (Å²) in [6.45, 7) is 1.89. The van der Waals surface area contributed by atoms with E-state index < -0.39 is 0 Å². The Labute approximate surface area is 166 Å². The van der Waals surface area contributed by atoms with Crippen molar-refractivity contribution in [3.8, 4) is 11.4 Å². The Morgan fingerprint density at radius 2 is 1.96 bits per heavy atom. The second kappa shape index (κ2) is 7.86. The highest BCUT2D eigenvalue weighted by molar-refractivity contribution is 6.30. The summed E-state index contributed by atoms with van der Waals surface area (Å²) in [7, 11) is 0. The third kappa shape index (κ3) is 4.07. The Morgan fingerprint density at radius 3 is 2.75 bits per heavy atom. The molecule has 142 valence electrons. The summed E-state index contributed by atoms with van der Waals surface area (Å²) < 4.78 is 11.0. The number of furan rings is 1. The van der Waals surface area contributed by atoms with Gasteiger partial charge in [0.1, 0.15) is 11.3 Å². The molecule has 1 N–H and O–H groups in total. The van der Waals surface area contributed by atoms with Gasteiger partial charge >= 0.3 is 0 Å². The van der Waals surface area contributed by atoms with E-state index in [-0.39, 0.29) is 18.4 Å². The molecule has 1 amide bonds. The topological polar surface area (TPSA) is 81.2 Å². The Morgan fingerprint density at radius 1 is 1.18 bits per heavy atom. The van der Waals surface area contributed by atoms with Gasteiger partial charge in [-0.2, -0.15) is 4.98 Å². The van der Waals surface area contributed by atoms with E-state index in [9.17, 15) is 4.79 Å². The highest BCUT2D eigenvalue weighted by Crippen LogP contribution is 2.24. The van der Waals surface area contributed by atoms with E-state index in [4.69, 9.17) is 20.5 Å². The largest absolute Gasteiger partial charge is 0.459 e. The molecule has 2 aromatic carbocycles. The van der Waals surface area contributed by atoms with Crippen molar-refractivity contribution >= 4 is 28.5 Å². The number of aryl methyl sites for hydroxylation is 1. The lowest BCUT2D eigenvalue weighted by atomic mass is 10.2. The van der Waals surface area contributed by atoms with Crippen molar-refractivity contribution < 1.29 is 13.7 Å². The maximum Gasteiger partial charge on any atom is 0.227 e. The van der Waals surface area contributed by atoms with Crippen molar-refractivity contribution in [3.63, 3.8) is 0 Å². The van der Waals surface area contributed by atoms with Crippen molar-refractivity contribution in [1.29, 1.82) is 0 Å². The van der Waals surface area contributed by atoms with Gasteiger partial charge in [-0.25, -0.2) is 0 Å². The Hall–Kier alpha value is -3.12. The van der Waals surface area contributed by atoms with Crippen LogP contribution >= 0.6 is 11.6 Å². The number of fused-ring (bicyclic) bond motifs is 1. The molecule has 0 bridgehead atoms. The predicted octanol–water partition coefficient (Wildman–Crippen LogP) is 4.95. The smallest absolute Gasteiger partial charge is 0.227 e. The van der Waals surface area contributed by atoms with E-state index in [2.05, 4.69) is 15.5 Å². The van der Waals surface area contributed by atoms with Gasteiger partial charge in [0, 0.05) is 28.8 Å². The SMILES string of the molecule is C[C@H](NC(=O)CCc1nc(-c2ccc(Cl)cc2)no1)c1cc2ccccc2o1. The summed E-state index contributed by atoms with van der Waals surface area (Å²) >= 11 is 5.88. The molecule has 4 rings (SSSR count). The first-order valence-corrected chi connectivity index (χ1v) is 9.32. The molecule has 6 nitrogen and oxygen atoms in total. The van der Waals surface area contributed by atoms with E-state index in [1.165, 1.54) is 0 Å². The molecule has 28 heavy (non-hydrogen) atoms. The van der Waals surface area contributed by atoms with Crippen molar-refractivity contribution in [2.75, 3.05) is 0 Å². The van der Waals surface area contributed by atoms with Crippen LogP contribution < -0.4 is 5.32 Å². The number of amides is 1. The number of carbonyl (C=O) groups is 1. The fraction of sp³-hybridized carbons (Fsp3) is 0.190. The molecule has 0 aliphatic heterocycles. The third-order valence-corrected chi connectivity index (χ3v) is 4.64. The second-order valence-corrected chi connectivity index (χ2v) is 6.93. The van der Waals surface area contributed by atoms with Crippen molar-refractivity contribution in [1.82, 2.24) is 15.5 Å². The molecule has 0 spiro atoms.